The lowest BCUT2D eigenvalue weighted by molar-refractivity contribution is 0.661. The van der Waals surface area contributed by atoms with E-state index in [1.165, 1.54) is 88.0 Å². The number of benzene rings is 10. The highest BCUT2D eigenvalue weighted by Gasteiger charge is 2.36. The number of hydrogen-bond donors (Lipinski definition) is 0. The highest BCUT2D eigenvalue weighted by molar-refractivity contribution is 6.04. The van der Waals surface area contributed by atoms with Gasteiger partial charge in [-0.25, -0.2) is 0 Å². The van der Waals surface area contributed by atoms with Gasteiger partial charge in [0.2, 0.25) is 0 Å². The van der Waals surface area contributed by atoms with Crippen molar-refractivity contribution in [3.63, 3.8) is 0 Å². The van der Waals surface area contributed by atoms with E-state index in [0.29, 0.717) is 0 Å². The molecule has 274 valence electrons. The van der Waals surface area contributed by atoms with E-state index < -0.39 is 0 Å². The molecular formula is C57H41N. The molecule has 0 aromatic heterocycles. The number of fused-ring (bicyclic) bond motifs is 6. The van der Waals surface area contributed by atoms with Crippen molar-refractivity contribution in [2.24, 2.45) is 0 Å². The van der Waals surface area contributed by atoms with Crippen molar-refractivity contribution in [1.82, 2.24) is 0 Å². The Kier molecular flexibility index (Phi) is 7.91. The number of hydrogen-bond acceptors (Lipinski definition) is 1. The van der Waals surface area contributed by atoms with Gasteiger partial charge in [-0.15, -0.1) is 0 Å². The van der Waals surface area contributed by atoms with E-state index in [-0.39, 0.29) is 5.41 Å². The largest absolute Gasteiger partial charge is 0.310 e. The zero-order chi connectivity index (χ0) is 38.8. The van der Waals surface area contributed by atoms with Crippen molar-refractivity contribution in [1.29, 1.82) is 0 Å². The first-order valence-corrected chi connectivity index (χ1v) is 20.2. The summed E-state index contributed by atoms with van der Waals surface area (Å²) >= 11 is 0. The molecule has 0 bridgehead atoms. The Hall–Kier alpha value is -7.22. The molecule has 1 nitrogen and oxygen atoms in total. The molecule has 0 saturated heterocycles. The van der Waals surface area contributed by atoms with Gasteiger partial charge in [-0.1, -0.05) is 172 Å². The first-order valence-electron chi connectivity index (χ1n) is 20.2. The Bertz CT molecular complexity index is 3190. The highest BCUT2D eigenvalue weighted by atomic mass is 15.1. The molecule has 0 atom stereocenters. The van der Waals surface area contributed by atoms with E-state index in [9.17, 15) is 0 Å². The van der Waals surface area contributed by atoms with Gasteiger partial charge in [0.25, 0.3) is 0 Å². The summed E-state index contributed by atoms with van der Waals surface area (Å²) in [7, 11) is 0. The highest BCUT2D eigenvalue weighted by Crippen LogP contribution is 2.53. The van der Waals surface area contributed by atoms with E-state index in [0.717, 1.165) is 17.1 Å². The van der Waals surface area contributed by atoms with Gasteiger partial charge in [0.15, 0.2) is 0 Å². The molecule has 10 aromatic rings. The van der Waals surface area contributed by atoms with Crippen LogP contribution in [0.4, 0.5) is 17.1 Å². The maximum atomic E-state index is 2.50. The van der Waals surface area contributed by atoms with Gasteiger partial charge in [-0.3, -0.25) is 0 Å². The second-order valence-corrected chi connectivity index (χ2v) is 16.2. The molecule has 0 unspecified atom stereocenters. The van der Waals surface area contributed by atoms with Gasteiger partial charge >= 0.3 is 0 Å². The molecule has 0 radical (unpaired) electrons. The monoisotopic (exact) mass is 739 g/mol. The Morgan fingerprint density at radius 1 is 0.310 bits per heavy atom. The van der Waals surface area contributed by atoms with Crippen LogP contribution < -0.4 is 4.90 Å². The maximum absolute atomic E-state index is 2.50. The van der Waals surface area contributed by atoms with Crippen molar-refractivity contribution in [2.45, 2.75) is 19.3 Å². The van der Waals surface area contributed by atoms with Crippen LogP contribution in [-0.4, -0.2) is 0 Å². The minimum atomic E-state index is -0.128. The van der Waals surface area contributed by atoms with E-state index in [1.807, 2.05) is 0 Å². The summed E-state index contributed by atoms with van der Waals surface area (Å²) in [6.07, 6.45) is 0. The Labute approximate surface area is 340 Å². The van der Waals surface area contributed by atoms with Crippen LogP contribution in [-0.2, 0) is 5.41 Å². The molecule has 1 heteroatoms. The summed E-state index contributed by atoms with van der Waals surface area (Å²) < 4.78 is 0. The maximum Gasteiger partial charge on any atom is 0.0540 e. The smallest absolute Gasteiger partial charge is 0.0540 e. The van der Waals surface area contributed by atoms with Crippen molar-refractivity contribution < 1.29 is 0 Å². The van der Waals surface area contributed by atoms with Crippen LogP contribution in [0.2, 0.25) is 0 Å². The predicted molar refractivity (Wildman–Crippen MR) is 248 cm³/mol. The number of rotatable bonds is 6. The number of nitrogens with zero attached hydrogens (tertiary/aromatic N) is 1. The van der Waals surface area contributed by atoms with Crippen LogP contribution in [0.15, 0.2) is 212 Å². The second kappa shape index (κ2) is 13.5. The summed E-state index contributed by atoms with van der Waals surface area (Å²) in [5.41, 5.74) is 15.8. The van der Waals surface area contributed by atoms with Crippen LogP contribution >= 0.6 is 0 Å². The van der Waals surface area contributed by atoms with Gasteiger partial charge in [0, 0.05) is 22.4 Å². The van der Waals surface area contributed by atoms with Crippen LogP contribution in [0.25, 0.3) is 76.8 Å². The average Bonchev–Trinajstić information content (AvgIpc) is 3.50. The summed E-state index contributed by atoms with van der Waals surface area (Å²) in [6.45, 7) is 4.75. The van der Waals surface area contributed by atoms with Crippen molar-refractivity contribution in [2.75, 3.05) is 4.90 Å². The first kappa shape index (κ1) is 34.1. The molecule has 0 fully saturated rings. The molecule has 0 aliphatic heterocycles. The lowest BCUT2D eigenvalue weighted by Crippen LogP contribution is -2.15. The SMILES string of the molecule is CC1(C)c2ccc(N(c3cc(-c4ccc5ccccc5c4)c4ccccc4c3)c3ccc(-c4ccccc4)cc3-c3ccccc3)cc2-c2cc3ccccc3cc21. The van der Waals surface area contributed by atoms with Crippen molar-refractivity contribution in [3.8, 4) is 44.5 Å². The molecule has 0 N–H and O–H groups in total. The first-order chi connectivity index (χ1) is 28.5. The third-order valence-corrected chi connectivity index (χ3v) is 12.4. The van der Waals surface area contributed by atoms with Gasteiger partial charge < -0.3 is 4.90 Å². The van der Waals surface area contributed by atoms with Crippen molar-refractivity contribution in [3.05, 3.63) is 223 Å². The van der Waals surface area contributed by atoms with Gasteiger partial charge in [-0.2, -0.15) is 0 Å². The average molecular weight is 740 g/mol. The topological polar surface area (TPSA) is 3.24 Å². The third-order valence-electron chi connectivity index (χ3n) is 12.4. The van der Waals surface area contributed by atoms with Gasteiger partial charge in [-0.05, 0) is 137 Å². The summed E-state index contributed by atoms with van der Waals surface area (Å²) in [4.78, 5) is 2.50. The molecule has 0 heterocycles. The standard InChI is InChI=1S/C57H41N/c1-57(2)54-29-28-47(36-53(54)52-34-42-21-11-12-22-43(42)35-55(52)57)58(56-30-27-44(38-15-5-3-6-16-38)33-51(56)40-18-7-4-8-19-40)48-32-45-23-13-14-24-49(45)50(37-48)46-26-25-39-17-9-10-20-41(39)31-46/h3-37H,1-2H3. The molecule has 1 aliphatic rings. The predicted octanol–water partition coefficient (Wildman–Crippen LogP) is 15.9. The minimum Gasteiger partial charge on any atom is -0.310 e. The minimum absolute atomic E-state index is 0.128. The van der Waals surface area contributed by atoms with E-state index in [4.69, 9.17) is 0 Å². The van der Waals surface area contributed by atoms with Crippen LogP contribution in [0, 0.1) is 0 Å². The normalized spacial score (nSPS) is 12.8. The molecule has 58 heavy (non-hydrogen) atoms. The fourth-order valence-corrected chi connectivity index (χ4v) is 9.40. The summed E-state index contributed by atoms with van der Waals surface area (Å²) in [5.74, 6) is 0. The molecule has 0 spiro atoms. The molecule has 1 aliphatic carbocycles. The van der Waals surface area contributed by atoms with Gasteiger partial charge in [0.05, 0.1) is 5.69 Å². The summed E-state index contributed by atoms with van der Waals surface area (Å²) in [6, 6.07) is 78.4. The molecule has 11 rings (SSSR count). The van der Waals surface area contributed by atoms with Crippen LogP contribution in [0.5, 0.6) is 0 Å². The Morgan fingerprint density at radius 3 is 1.66 bits per heavy atom. The molecule has 0 amide bonds. The third kappa shape index (κ3) is 5.62. The zero-order valence-electron chi connectivity index (χ0n) is 32.7. The second-order valence-electron chi connectivity index (χ2n) is 16.2. The van der Waals surface area contributed by atoms with Crippen molar-refractivity contribution >= 4 is 49.4 Å². The van der Waals surface area contributed by atoms with E-state index in [1.54, 1.807) is 0 Å². The lowest BCUT2D eigenvalue weighted by atomic mass is 9.82. The van der Waals surface area contributed by atoms with E-state index in [2.05, 4.69) is 231 Å². The quantitative estimate of drug-likeness (QED) is 0.164. The van der Waals surface area contributed by atoms with E-state index >= 15 is 0 Å². The number of anilines is 3. The van der Waals surface area contributed by atoms with Crippen LogP contribution in [0.3, 0.4) is 0 Å². The Balaban J connectivity index is 1.19. The summed E-state index contributed by atoms with van der Waals surface area (Å²) in [5, 5.41) is 7.47. The lowest BCUT2D eigenvalue weighted by Gasteiger charge is -2.30. The fraction of sp³-hybridized carbons (Fsp3) is 0.0526. The molecule has 10 aromatic carbocycles. The zero-order valence-corrected chi connectivity index (χ0v) is 32.7. The fourth-order valence-electron chi connectivity index (χ4n) is 9.40. The van der Waals surface area contributed by atoms with Gasteiger partial charge in [0.1, 0.15) is 0 Å². The Morgan fingerprint density at radius 2 is 0.897 bits per heavy atom. The molecular weight excluding hydrogens is 699 g/mol. The van der Waals surface area contributed by atoms with Crippen LogP contribution in [0.1, 0.15) is 25.0 Å². The molecule has 0 saturated carbocycles.